The van der Waals surface area contributed by atoms with Crippen molar-refractivity contribution in [2.75, 3.05) is 6.54 Å². The Morgan fingerprint density at radius 2 is 2.12 bits per heavy atom. The van der Waals surface area contributed by atoms with Gasteiger partial charge in [-0.25, -0.2) is 0 Å². The van der Waals surface area contributed by atoms with Crippen molar-refractivity contribution in [3.8, 4) is 0 Å². The third-order valence-electron chi connectivity index (χ3n) is 2.92. The van der Waals surface area contributed by atoms with Crippen LogP contribution in [0.1, 0.15) is 18.9 Å². The van der Waals surface area contributed by atoms with Crippen molar-refractivity contribution in [3.05, 3.63) is 33.8 Å². The van der Waals surface area contributed by atoms with Gasteiger partial charge in [0.15, 0.2) is 0 Å². The SMILES string of the molecule is C[C@H]1CCN(Cc2ccc(Cl)c(Cl)c2)C1=O. The molecule has 2 rings (SSSR count). The van der Waals surface area contributed by atoms with Crippen molar-refractivity contribution < 1.29 is 4.79 Å². The number of carbonyl (C=O) groups excluding carboxylic acids is 1. The summed E-state index contributed by atoms with van der Waals surface area (Å²) in [5.41, 5.74) is 1.02. The average molecular weight is 258 g/mol. The van der Waals surface area contributed by atoms with Crippen LogP contribution in [0.2, 0.25) is 10.0 Å². The minimum atomic E-state index is 0.155. The molecule has 0 aliphatic carbocycles. The van der Waals surface area contributed by atoms with Gasteiger partial charge in [0.25, 0.3) is 0 Å². The van der Waals surface area contributed by atoms with E-state index in [9.17, 15) is 4.79 Å². The number of rotatable bonds is 2. The van der Waals surface area contributed by atoms with Crippen LogP contribution in [-0.4, -0.2) is 17.4 Å². The molecule has 1 aromatic rings. The number of carbonyl (C=O) groups is 1. The van der Waals surface area contributed by atoms with E-state index in [0.29, 0.717) is 16.6 Å². The van der Waals surface area contributed by atoms with Gasteiger partial charge >= 0.3 is 0 Å². The minimum absolute atomic E-state index is 0.155. The lowest BCUT2D eigenvalue weighted by Gasteiger charge is -2.16. The van der Waals surface area contributed by atoms with Crippen LogP contribution in [-0.2, 0) is 11.3 Å². The Hall–Kier alpha value is -0.730. The number of nitrogens with zero attached hydrogens (tertiary/aromatic N) is 1. The van der Waals surface area contributed by atoms with Crippen LogP contribution >= 0.6 is 23.2 Å². The summed E-state index contributed by atoms with van der Waals surface area (Å²) in [7, 11) is 0. The van der Waals surface area contributed by atoms with Crippen LogP contribution < -0.4 is 0 Å². The van der Waals surface area contributed by atoms with E-state index in [0.717, 1.165) is 18.5 Å². The third kappa shape index (κ3) is 2.33. The molecule has 1 aromatic carbocycles. The molecular formula is C12H13Cl2NO. The van der Waals surface area contributed by atoms with E-state index in [-0.39, 0.29) is 11.8 Å². The molecule has 16 heavy (non-hydrogen) atoms. The minimum Gasteiger partial charge on any atom is -0.338 e. The summed E-state index contributed by atoms with van der Waals surface area (Å²) in [4.78, 5) is 13.6. The highest BCUT2D eigenvalue weighted by Crippen LogP contribution is 2.25. The zero-order valence-electron chi connectivity index (χ0n) is 9.04. The summed E-state index contributed by atoms with van der Waals surface area (Å²) in [5, 5.41) is 1.09. The zero-order chi connectivity index (χ0) is 11.7. The molecule has 1 atom stereocenters. The first-order valence-corrected chi connectivity index (χ1v) is 6.06. The molecule has 1 fully saturated rings. The maximum Gasteiger partial charge on any atom is 0.225 e. The van der Waals surface area contributed by atoms with Crippen molar-refractivity contribution in [2.45, 2.75) is 19.9 Å². The summed E-state index contributed by atoms with van der Waals surface area (Å²) in [6.07, 6.45) is 0.945. The Morgan fingerprint density at radius 3 is 2.69 bits per heavy atom. The van der Waals surface area contributed by atoms with Gasteiger partial charge in [-0.05, 0) is 24.1 Å². The molecule has 0 bridgehead atoms. The molecule has 0 N–H and O–H groups in total. The highest BCUT2D eigenvalue weighted by Gasteiger charge is 2.27. The molecule has 1 aliphatic rings. The van der Waals surface area contributed by atoms with E-state index in [1.165, 1.54) is 0 Å². The fourth-order valence-corrected chi connectivity index (χ4v) is 2.23. The largest absolute Gasteiger partial charge is 0.338 e. The van der Waals surface area contributed by atoms with E-state index in [1.54, 1.807) is 6.07 Å². The van der Waals surface area contributed by atoms with Gasteiger partial charge in [0.05, 0.1) is 10.0 Å². The molecule has 0 spiro atoms. The smallest absolute Gasteiger partial charge is 0.225 e. The van der Waals surface area contributed by atoms with Crippen molar-refractivity contribution in [3.63, 3.8) is 0 Å². The summed E-state index contributed by atoms with van der Waals surface area (Å²) >= 11 is 11.8. The van der Waals surface area contributed by atoms with Gasteiger partial charge in [-0.2, -0.15) is 0 Å². The van der Waals surface area contributed by atoms with E-state index in [4.69, 9.17) is 23.2 Å². The van der Waals surface area contributed by atoms with Gasteiger partial charge in [0.1, 0.15) is 0 Å². The molecule has 0 saturated carbocycles. The number of hydrogen-bond donors (Lipinski definition) is 0. The predicted octanol–water partition coefficient (Wildman–Crippen LogP) is 3.36. The van der Waals surface area contributed by atoms with Crippen LogP contribution in [0.3, 0.4) is 0 Å². The lowest BCUT2D eigenvalue weighted by molar-refractivity contribution is -0.131. The second-order valence-electron chi connectivity index (χ2n) is 4.20. The summed E-state index contributed by atoms with van der Waals surface area (Å²) in [6.45, 7) is 3.43. The molecule has 4 heteroatoms. The van der Waals surface area contributed by atoms with Crippen molar-refractivity contribution in [2.24, 2.45) is 5.92 Å². The molecule has 2 nitrogen and oxygen atoms in total. The molecule has 1 heterocycles. The van der Waals surface area contributed by atoms with Crippen molar-refractivity contribution in [1.29, 1.82) is 0 Å². The molecule has 86 valence electrons. The van der Waals surface area contributed by atoms with E-state index < -0.39 is 0 Å². The van der Waals surface area contributed by atoms with Gasteiger partial charge in [-0.3, -0.25) is 4.79 Å². The first kappa shape index (κ1) is 11.7. The number of benzene rings is 1. The standard InChI is InChI=1S/C12H13Cl2NO/c1-8-4-5-15(12(8)16)7-9-2-3-10(13)11(14)6-9/h2-3,6,8H,4-5,7H2,1H3/t8-/m0/s1. The Kier molecular flexibility index (Phi) is 3.41. The van der Waals surface area contributed by atoms with Gasteiger partial charge in [0, 0.05) is 19.0 Å². The number of hydrogen-bond acceptors (Lipinski definition) is 1. The third-order valence-corrected chi connectivity index (χ3v) is 3.66. The normalized spacial score (nSPS) is 20.6. The van der Waals surface area contributed by atoms with Gasteiger partial charge < -0.3 is 4.90 Å². The molecule has 1 saturated heterocycles. The topological polar surface area (TPSA) is 20.3 Å². The maximum atomic E-state index is 11.7. The Labute approximate surface area is 105 Å². The lowest BCUT2D eigenvalue weighted by atomic mass is 10.1. The quantitative estimate of drug-likeness (QED) is 0.796. The second-order valence-corrected chi connectivity index (χ2v) is 5.01. The van der Waals surface area contributed by atoms with Crippen molar-refractivity contribution >= 4 is 29.1 Å². The van der Waals surface area contributed by atoms with Crippen LogP contribution in [0.25, 0.3) is 0 Å². The summed E-state index contributed by atoms with van der Waals surface area (Å²) in [5.74, 6) is 0.383. The molecule has 0 aromatic heterocycles. The van der Waals surface area contributed by atoms with Gasteiger partial charge in [-0.15, -0.1) is 0 Å². The summed E-state index contributed by atoms with van der Waals surface area (Å²) in [6, 6.07) is 5.49. The van der Waals surface area contributed by atoms with E-state index in [2.05, 4.69) is 0 Å². The molecule has 0 unspecified atom stereocenters. The first-order valence-electron chi connectivity index (χ1n) is 5.30. The van der Waals surface area contributed by atoms with E-state index in [1.807, 2.05) is 24.0 Å². The Bertz CT molecular complexity index is 419. The fraction of sp³-hybridized carbons (Fsp3) is 0.417. The highest BCUT2D eigenvalue weighted by atomic mass is 35.5. The lowest BCUT2D eigenvalue weighted by Crippen LogP contribution is -2.26. The van der Waals surface area contributed by atoms with Crippen LogP contribution in [0.4, 0.5) is 0 Å². The van der Waals surface area contributed by atoms with Crippen LogP contribution in [0, 0.1) is 5.92 Å². The van der Waals surface area contributed by atoms with E-state index >= 15 is 0 Å². The number of halogens is 2. The number of likely N-dealkylation sites (tertiary alicyclic amines) is 1. The van der Waals surface area contributed by atoms with Crippen molar-refractivity contribution in [1.82, 2.24) is 4.90 Å². The second kappa shape index (κ2) is 4.64. The summed E-state index contributed by atoms with van der Waals surface area (Å²) < 4.78 is 0. The molecule has 0 radical (unpaired) electrons. The molecule has 1 aliphatic heterocycles. The maximum absolute atomic E-state index is 11.7. The van der Waals surface area contributed by atoms with Gasteiger partial charge in [0.2, 0.25) is 5.91 Å². The highest BCUT2D eigenvalue weighted by molar-refractivity contribution is 6.42. The zero-order valence-corrected chi connectivity index (χ0v) is 10.6. The van der Waals surface area contributed by atoms with Crippen LogP contribution in [0.5, 0.6) is 0 Å². The predicted molar refractivity (Wildman–Crippen MR) is 65.7 cm³/mol. The fourth-order valence-electron chi connectivity index (χ4n) is 1.91. The Balaban J connectivity index is 2.10. The number of amides is 1. The molecule has 1 amide bonds. The first-order chi connectivity index (χ1) is 7.58. The Morgan fingerprint density at radius 1 is 1.38 bits per heavy atom. The monoisotopic (exact) mass is 257 g/mol. The van der Waals surface area contributed by atoms with Crippen LogP contribution in [0.15, 0.2) is 18.2 Å². The average Bonchev–Trinajstić information content (AvgIpc) is 2.55. The van der Waals surface area contributed by atoms with Gasteiger partial charge in [-0.1, -0.05) is 36.2 Å². The molecular weight excluding hydrogens is 245 g/mol.